The zero-order valence-electron chi connectivity index (χ0n) is 12.2. The van der Waals surface area contributed by atoms with E-state index in [4.69, 9.17) is 4.42 Å². The van der Waals surface area contributed by atoms with Gasteiger partial charge in [-0.15, -0.1) is 11.3 Å². The van der Waals surface area contributed by atoms with Gasteiger partial charge in [0.15, 0.2) is 5.76 Å². The maximum atomic E-state index is 5.84. The molecule has 0 spiro atoms. The Balaban J connectivity index is 1.55. The molecule has 3 aromatic rings. The van der Waals surface area contributed by atoms with Crippen molar-refractivity contribution in [1.29, 1.82) is 0 Å². The fraction of sp³-hybridized carbons (Fsp3) is 0.333. The van der Waals surface area contributed by atoms with E-state index in [1.165, 1.54) is 4.88 Å². The van der Waals surface area contributed by atoms with Crippen LogP contribution in [0.3, 0.4) is 0 Å². The van der Waals surface area contributed by atoms with Crippen LogP contribution in [0.1, 0.15) is 16.3 Å². The number of aromatic nitrogens is 3. The normalized spacial score (nSPS) is 11.4. The summed E-state index contributed by atoms with van der Waals surface area (Å²) in [7, 11) is 2.11. The second-order valence-corrected chi connectivity index (χ2v) is 6.02. The Labute approximate surface area is 127 Å². The number of H-pyrrole nitrogens is 1. The number of aryl methyl sites for hydroxylation is 1. The van der Waals surface area contributed by atoms with Crippen LogP contribution >= 0.6 is 11.3 Å². The van der Waals surface area contributed by atoms with Gasteiger partial charge in [0.05, 0.1) is 17.7 Å². The second-order valence-electron chi connectivity index (χ2n) is 5.09. The maximum Gasteiger partial charge on any atom is 0.152 e. The zero-order valence-corrected chi connectivity index (χ0v) is 13.0. The molecule has 3 rings (SSSR count). The van der Waals surface area contributed by atoms with Gasteiger partial charge >= 0.3 is 0 Å². The third-order valence-electron chi connectivity index (χ3n) is 3.42. The Hall–Kier alpha value is -1.92. The van der Waals surface area contributed by atoms with Crippen LogP contribution in [0, 0.1) is 6.92 Å². The number of furan rings is 1. The minimum atomic E-state index is 0.798. The summed E-state index contributed by atoms with van der Waals surface area (Å²) in [6.45, 7) is 3.85. The van der Waals surface area contributed by atoms with Crippen molar-refractivity contribution in [3.05, 3.63) is 46.2 Å². The molecular formula is C15H18N4OS. The average molecular weight is 302 g/mol. The van der Waals surface area contributed by atoms with E-state index in [0.717, 1.165) is 42.4 Å². The number of hydrogen-bond acceptors (Lipinski definition) is 5. The minimum Gasteiger partial charge on any atom is -0.458 e. The third kappa shape index (κ3) is 3.40. The monoisotopic (exact) mass is 302 g/mol. The van der Waals surface area contributed by atoms with Gasteiger partial charge in [-0.3, -0.25) is 10.00 Å². The maximum absolute atomic E-state index is 5.84. The van der Waals surface area contributed by atoms with Gasteiger partial charge in [0.2, 0.25) is 0 Å². The van der Waals surface area contributed by atoms with Crippen LogP contribution in [-0.4, -0.2) is 33.7 Å². The molecule has 0 aromatic carbocycles. The molecule has 0 fully saturated rings. The number of rotatable bonds is 6. The van der Waals surface area contributed by atoms with Crippen molar-refractivity contribution in [2.75, 3.05) is 13.6 Å². The highest BCUT2D eigenvalue weighted by Crippen LogP contribution is 2.20. The highest BCUT2D eigenvalue weighted by molar-refractivity contribution is 7.09. The van der Waals surface area contributed by atoms with Gasteiger partial charge in [-0.05, 0) is 38.6 Å². The third-order valence-corrected chi connectivity index (χ3v) is 4.41. The topological polar surface area (TPSA) is 58.0 Å². The molecule has 3 heterocycles. The molecule has 0 saturated carbocycles. The lowest BCUT2D eigenvalue weighted by Gasteiger charge is -2.14. The van der Waals surface area contributed by atoms with Gasteiger partial charge < -0.3 is 4.42 Å². The van der Waals surface area contributed by atoms with Gasteiger partial charge in [0.1, 0.15) is 11.5 Å². The van der Waals surface area contributed by atoms with Crippen molar-refractivity contribution in [3.63, 3.8) is 0 Å². The first-order chi connectivity index (χ1) is 10.2. The van der Waals surface area contributed by atoms with Gasteiger partial charge in [-0.25, -0.2) is 4.98 Å². The number of nitrogens with one attached hydrogen (secondary N) is 1. The number of nitrogens with zero attached hydrogens (tertiary/aromatic N) is 3. The van der Waals surface area contributed by atoms with Crippen molar-refractivity contribution in [1.82, 2.24) is 20.1 Å². The van der Waals surface area contributed by atoms with Crippen molar-refractivity contribution >= 4 is 11.3 Å². The van der Waals surface area contributed by atoms with Crippen LogP contribution in [0.4, 0.5) is 0 Å². The largest absolute Gasteiger partial charge is 0.458 e. The highest BCUT2D eigenvalue weighted by atomic mass is 32.1. The van der Waals surface area contributed by atoms with Crippen LogP contribution in [0.2, 0.25) is 0 Å². The molecule has 110 valence electrons. The predicted molar refractivity (Wildman–Crippen MR) is 83.2 cm³/mol. The van der Waals surface area contributed by atoms with Crippen LogP contribution in [-0.2, 0) is 13.0 Å². The number of aromatic amines is 1. The van der Waals surface area contributed by atoms with Crippen LogP contribution in [0.5, 0.6) is 0 Å². The number of likely N-dealkylation sites (N-methyl/N-ethyl adjacent to an activating group) is 1. The zero-order chi connectivity index (χ0) is 14.7. The van der Waals surface area contributed by atoms with Crippen molar-refractivity contribution in [3.8, 4) is 11.5 Å². The van der Waals surface area contributed by atoms with E-state index in [1.54, 1.807) is 17.5 Å². The molecule has 0 aliphatic carbocycles. The van der Waals surface area contributed by atoms with Crippen molar-refractivity contribution in [2.24, 2.45) is 0 Å². The summed E-state index contributed by atoms with van der Waals surface area (Å²) in [6, 6.07) is 5.90. The molecule has 5 nitrogen and oxygen atoms in total. The first-order valence-corrected chi connectivity index (χ1v) is 7.76. The van der Waals surface area contributed by atoms with E-state index in [9.17, 15) is 0 Å². The first-order valence-electron chi connectivity index (χ1n) is 6.88. The second kappa shape index (κ2) is 6.24. The molecule has 1 N–H and O–H groups in total. The SMILES string of the molecule is Cc1ncsc1CCN(C)Cc1ccc(-c2ccn[nH]2)o1. The van der Waals surface area contributed by atoms with Gasteiger partial charge in [0.25, 0.3) is 0 Å². The quantitative estimate of drug-likeness (QED) is 0.760. The molecule has 6 heteroatoms. The minimum absolute atomic E-state index is 0.798. The van der Waals surface area contributed by atoms with Gasteiger partial charge in [-0.2, -0.15) is 5.10 Å². The van der Waals surface area contributed by atoms with Gasteiger partial charge in [-0.1, -0.05) is 0 Å². The van der Waals surface area contributed by atoms with E-state index >= 15 is 0 Å². The predicted octanol–water partition coefficient (Wildman–Crippen LogP) is 3.11. The Kier molecular flexibility index (Phi) is 4.17. The van der Waals surface area contributed by atoms with E-state index in [0.29, 0.717) is 0 Å². The lowest BCUT2D eigenvalue weighted by molar-refractivity contribution is 0.300. The van der Waals surface area contributed by atoms with Gasteiger partial charge in [0, 0.05) is 17.6 Å². The molecule has 0 amide bonds. The fourth-order valence-corrected chi connectivity index (χ4v) is 2.97. The molecule has 0 aliphatic heterocycles. The van der Waals surface area contributed by atoms with E-state index in [2.05, 4.69) is 34.1 Å². The smallest absolute Gasteiger partial charge is 0.152 e. The van der Waals surface area contributed by atoms with E-state index in [-0.39, 0.29) is 0 Å². The molecular weight excluding hydrogens is 284 g/mol. The number of hydrogen-bond donors (Lipinski definition) is 1. The average Bonchev–Trinajstić information content (AvgIpc) is 3.17. The van der Waals surface area contributed by atoms with E-state index < -0.39 is 0 Å². The Morgan fingerprint density at radius 1 is 1.33 bits per heavy atom. The molecule has 0 unspecified atom stereocenters. The first kappa shape index (κ1) is 14.0. The van der Waals surface area contributed by atoms with Crippen LogP contribution in [0.25, 0.3) is 11.5 Å². The summed E-state index contributed by atoms with van der Waals surface area (Å²) in [5, 5.41) is 6.84. The summed E-state index contributed by atoms with van der Waals surface area (Å²) in [4.78, 5) is 7.90. The summed E-state index contributed by atoms with van der Waals surface area (Å²) in [6.07, 6.45) is 2.75. The van der Waals surface area contributed by atoms with Crippen molar-refractivity contribution in [2.45, 2.75) is 19.9 Å². The molecule has 0 bridgehead atoms. The van der Waals surface area contributed by atoms with E-state index in [1.807, 2.05) is 23.7 Å². The molecule has 0 radical (unpaired) electrons. The summed E-state index contributed by atoms with van der Waals surface area (Å²) < 4.78 is 5.84. The summed E-state index contributed by atoms with van der Waals surface area (Å²) in [5.74, 6) is 1.79. The standard InChI is InChI=1S/C15H18N4OS/c1-11-15(21-10-16-11)6-8-19(2)9-12-3-4-14(20-12)13-5-7-17-18-13/h3-5,7,10H,6,8-9H2,1-2H3,(H,17,18). The molecule has 3 aromatic heterocycles. The number of thiazole rings is 1. The molecule has 0 saturated heterocycles. The summed E-state index contributed by atoms with van der Waals surface area (Å²) in [5.41, 5.74) is 3.96. The van der Waals surface area contributed by atoms with Crippen LogP contribution < -0.4 is 0 Å². The highest BCUT2D eigenvalue weighted by Gasteiger charge is 2.09. The Bertz CT molecular complexity index is 686. The lowest BCUT2D eigenvalue weighted by atomic mass is 10.3. The summed E-state index contributed by atoms with van der Waals surface area (Å²) >= 11 is 1.73. The fourth-order valence-electron chi connectivity index (χ4n) is 2.20. The van der Waals surface area contributed by atoms with Crippen molar-refractivity contribution < 1.29 is 4.42 Å². The van der Waals surface area contributed by atoms with Crippen LogP contribution in [0.15, 0.2) is 34.3 Å². The Morgan fingerprint density at radius 3 is 2.95 bits per heavy atom. The molecule has 0 atom stereocenters. The lowest BCUT2D eigenvalue weighted by Crippen LogP contribution is -2.20. The Morgan fingerprint density at radius 2 is 2.24 bits per heavy atom. The molecule has 21 heavy (non-hydrogen) atoms. The molecule has 0 aliphatic rings.